The maximum Gasteiger partial charge on any atom is 0.224 e. The van der Waals surface area contributed by atoms with Crippen molar-refractivity contribution in [3.63, 3.8) is 0 Å². The molecule has 8 nitrogen and oxygen atoms in total. The highest BCUT2D eigenvalue weighted by atomic mass is 35.5. The zero-order chi connectivity index (χ0) is 27.8. The molecule has 1 aromatic heterocycles. The van der Waals surface area contributed by atoms with Crippen molar-refractivity contribution < 1.29 is 23.9 Å². The Morgan fingerprint density at radius 2 is 1.90 bits per heavy atom. The van der Waals surface area contributed by atoms with E-state index in [2.05, 4.69) is 21.8 Å². The summed E-state index contributed by atoms with van der Waals surface area (Å²) >= 11 is 7.62. The Morgan fingerprint density at radius 1 is 1.18 bits per heavy atom. The van der Waals surface area contributed by atoms with Crippen LogP contribution in [0.3, 0.4) is 0 Å². The maximum absolute atomic E-state index is 13.6. The number of rotatable bonds is 13. The van der Waals surface area contributed by atoms with Gasteiger partial charge in [-0.15, -0.1) is 11.3 Å². The van der Waals surface area contributed by atoms with Crippen LogP contribution < -0.4 is 5.32 Å². The number of hydrogen-bond donors (Lipinski definition) is 1. The quantitative estimate of drug-likeness (QED) is 0.357. The summed E-state index contributed by atoms with van der Waals surface area (Å²) in [5, 5.41) is 4.66. The number of carbonyl (C=O) groups is 3. The third-order valence-corrected chi connectivity index (χ3v) is 8.75. The predicted octanol–water partition coefficient (Wildman–Crippen LogP) is 4.24. The van der Waals surface area contributed by atoms with Crippen molar-refractivity contribution in [2.75, 3.05) is 46.1 Å². The van der Waals surface area contributed by atoms with Crippen LogP contribution in [0.15, 0.2) is 30.4 Å². The fourth-order valence-electron chi connectivity index (χ4n) is 5.27. The molecule has 2 aromatic rings. The number of nitrogens with one attached hydrogen (secondary N) is 1. The molecule has 1 N–H and O–H groups in total. The molecule has 3 heterocycles. The van der Waals surface area contributed by atoms with Crippen LogP contribution in [0.25, 0.3) is 10.2 Å². The lowest BCUT2D eigenvalue weighted by Crippen LogP contribution is -2.46. The van der Waals surface area contributed by atoms with Crippen LogP contribution >= 0.6 is 22.9 Å². The van der Waals surface area contributed by atoms with Gasteiger partial charge in [0.15, 0.2) is 5.78 Å². The molecule has 0 radical (unpaired) electrons. The average molecular weight is 576 g/mol. The molecule has 0 spiro atoms. The third kappa shape index (κ3) is 8.91. The molecule has 2 aliphatic heterocycles. The van der Waals surface area contributed by atoms with E-state index in [0.717, 1.165) is 41.2 Å². The lowest BCUT2D eigenvalue weighted by molar-refractivity contribution is -0.130. The van der Waals surface area contributed by atoms with Crippen molar-refractivity contribution in [1.29, 1.82) is 0 Å². The molecule has 212 valence electrons. The summed E-state index contributed by atoms with van der Waals surface area (Å²) in [4.78, 5) is 45.5. The molecular weight excluding hydrogens is 538 g/mol. The second kappa shape index (κ2) is 14.5. The number of Topliss-reactive ketones (excluding diaryl/α,β-unsaturated/α-hetero) is 2. The summed E-state index contributed by atoms with van der Waals surface area (Å²) in [5.74, 6) is -0.505. The zero-order valence-corrected chi connectivity index (χ0v) is 24.2. The molecule has 10 heteroatoms. The second-order valence-corrected chi connectivity index (χ2v) is 12.1. The normalized spacial score (nSPS) is 18.5. The van der Waals surface area contributed by atoms with Gasteiger partial charge in [-0.1, -0.05) is 18.2 Å². The van der Waals surface area contributed by atoms with Gasteiger partial charge in [-0.05, 0) is 50.3 Å². The number of thiazole rings is 1. The van der Waals surface area contributed by atoms with Gasteiger partial charge in [0.05, 0.1) is 34.4 Å². The van der Waals surface area contributed by atoms with Crippen LogP contribution in [-0.4, -0.2) is 79.5 Å². The Kier molecular flexibility index (Phi) is 11.0. The van der Waals surface area contributed by atoms with Crippen LogP contribution in [0.4, 0.5) is 0 Å². The number of benzene rings is 1. The van der Waals surface area contributed by atoms with Crippen LogP contribution in [0.2, 0.25) is 5.02 Å². The first-order valence-electron chi connectivity index (χ1n) is 13.7. The van der Waals surface area contributed by atoms with Gasteiger partial charge in [-0.2, -0.15) is 0 Å². The highest BCUT2D eigenvalue weighted by Gasteiger charge is 2.30. The van der Waals surface area contributed by atoms with Gasteiger partial charge < -0.3 is 19.6 Å². The summed E-state index contributed by atoms with van der Waals surface area (Å²) in [6, 6.07) is 5.35. The number of aromatic nitrogens is 1. The Balaban J connectivity index is 1.41. The van der Waals surface area contributed by atoms with Crippen LogP contribution in [0, 0.1) is 11.8 Å². The molecule has 39 heavy (non-hydrogen) atoms. The minimum Gasteiger partial charge on any atom is -0.381 e. The van der Waals surface area contributed by atoms with Gasteiger partial charge in [0.1, 0.15) is 5.78 Å². The SMILES string of the molecule is C=C(CN1CCOCC1)C(=O)CC[C@@H](NC(=O)[C@@H](CC(C)=O)Cc1nc2ccc(Cl)cc2s1)C1CCOCC1. The van der Waals surface area contributed by atoms with Gasteiger partial charge in [0.2, 0.25) is 5.91 Å². The average Bonchev–Trinajstić information content (AvgIpc) is 3.32. The minimum absolute atomic E-state index is 0.0289. The molecule has 2 fully saturated rings. The van der Waals surface area contributed by atoms with E-state index in [0.29, 0.717) is 62.8 Å². The Morgan fingerprint density at radius 3 is 2.62 bits per heavy atom. The summed E-state index contributed by atoms with van der Waals surface area (Å²) in [6.45, 7) is 10.3. The molecule has 0 aliphatic carbocycles. The first-order chi connectivity index (χ1) is 18.8. The molecule has 2 aliphatic rings. The van der Waals surface area contributed by atoms with Crippen molar-refractivity contribution in [1.82, 2.24) is 15.2 Å². The van der Waals surface area contributed by atoms with E-state index in [-0.39, 0.29) is 35.9 Å². The monoisotopic (exact) mass is 575 g/mol. The van der Waals surface area contributed by atoms with Gasteiger partial charge >= 0.3 is 0 Å². The zero-order valence-electron chi connectivity index (χ0n) is 22.6. The van der Waals surface area contributed by atoms with E-state index in [9.17, 15) is 14.4 Å². The Bertz CT molecular complexity index is 1170. The Hall–Kier alpha value is -2.17. The summed E-state index contributed by atoms with van der Waals surface area (Å²) in [6.07, 6.45) is 3.01. The topological polar surface area (TPSA) is 97.8 Å². The number of morpholine rings is 1. The second-order valence-electron chi connectivity index (χ2n) is 10.5. The molecule has 2 saturated heterocycles. The number of amides is 1. The Labute approximate surface area is 239 Å². The number of fused-ring (bicyclic) bond motifs is 1. The van der Waals surface area contributed by atoms with Crippen molar-refractivity contribution in [2.45, 2.75) is 51.5 Å². The number of carbonyl (C=O) groups excluding carboxylic acids is 3. The maximum atomic E-state index is 13.6. The van der Waals surface area contributed by atoms with Crippen LogP contribution in [0.5, 0.6) is 0 Å². The van der Waals surface area contributed by atoms with Crippen molar-refractivity contribution in [2.24, 2.45) is 11.8 Å². The van der Waals surface area contributed by atoms with Crippen LogP contribution in [-0.2, 0) is 30.3 Å². The molecule has 0 bridgehead atoms. The largest absolute Gasteiger partial charge is 0.381 e. The molecule has 1 amide bonds. The number of nitrogens with zero attached hydrogens (tertiary/aromatic N) is 2. The first kappa shape index (κ1) is 29.8. The third-order valence-electron chi connectivity index (χ3n) is 7.48. The molecule has 2 atom stereocenters. The highest BCUT2D eigenvalue weighted by molar-refractivity contribution is 7.18. The molecule has 1 aromatic carbocycles. The van der Waals surface area contributed by atoms with Crippen molar-refractivity contribution >= 4 is 50.6 Å². The highest BCUT2D eigenvalue weighted by Crippen LogP contribution is 2.28. The summed E-state index contributed by atoms with van der Waals surface area (Å²) in [5.41, 5.74) is 1.43. The molecular formula is C29H38ClN3O5S. The van der Waals surface area contributed by atoms with Crippen LogP contribution in [0.1, 0.15) is 44.0 Å². The summed E-state index contributed by atoms with van der Waals surface area (Å²) < 4.78 is 11.9. The van der Waals surface area contributed by atoms with E-state index >= 15 is 0 Å². The molecule has 0 saturated carbocycles. The van der Waals surface area contributed by atoms with Crippen molar-refractivity contribution in [3.8, 4) is 0 Å². The van der Waals surface area contributed by atoms with Gasteiger partial charge in [-0.25, -0.2) is 4.98 Å². The molecule has 4 rings (SSSR count). The number of hydrogen-bond acceptors (Lipinski definition) is 8. The number of ketones is 2. The lowest BCUT2D eigenvalue weighted by atomic mass is 9.87. The van der Waals surface area contributed by atoms with Gasteiger partial charge in [0.25, 0.3) is 0 Å². The van der Waals surface area contributed by atoms with Gasteiger partial charge in [-0.3, -0.25) is 14.5 Å². The summed E-state index contributed by atoms with van der Waals surface area (Å²) in [7, 11) is 0. The number of halogens is 1. The van der Waals surface area contributed by atoms with Crippen molar-refractivity contribution in [3.05, 3.63) is 40.4 Å². The fraction of sp³-hybridized carbons (Fsp3) is 0.586. The van der Waals surface area contributed by atoms with E-state index in [1.165, 1.54) is 18.3 Å². The first-order valence-corrected chi connectivity index (χ1v) is 14.9. The van der Waals surface area contributed by atoms with E-state index < -0.39 is 5.92 Å². The predicted molar refractivity (Wildman–Crippen MR) is 153 cm³/mol. The van der Waals surface area contributed by atoms with E-state index in [4.69, 9.17) is 21.1 Å². The van der Waals surface area contributed by atoms with E-state index in [1.54, 1.807) is 6.07 Å². The van der Waals surface area contributed by atoms with E-state index in [1.807, 2.05) is 12.1 Å². The standard InChI is InChI=1S/C29H38ClN3O5S/c1-19(18-33-9-13-38-14-10-33)26(35)6-5-24(21-7-11-37-12-8-21)32-29(36)22(15-20(2)34)16-28-31-25-4-3-23(30)17-27(25)39-28/h3-4,17,21-22,24H,1,5-16,18H2,2H3,(H,32,36)/t22-,24+/m0/s1. The number of ether oxygens (including phenoxy) is 2. The molecule has 0 unspecified atom stereocenters. The fourth-order valence-corrected chi connectivity index (χ4v) is 6.60. The lowest BCUT2D eigenvalue weighted by Gasteiger charge is -2.32. The van der Waals surface area contributed by atoms with Gasteiger partial charge in [0, 0.05) is 68.7 Å². The smallest absolute Gasteiger partial charge is 0.224 e. The minimum atomic E-state index is -0.534.